The summed E-state index contributed by atoms with van der Waals surface area (Å²) >= 11 is 1.41. The Hall–Kier alpha value is -2.18. The molecule has 0 radical (unpaired) electrons. The van der Waals surface area contributed by atoms with E-state index < -0.39 is 12.0 Å². The molecule has 0 fully saturated rings. The molecule has 0 saturated heterocycles. The normalized spacial score (nSPS) is 11.8. The fraction of sp³-hybridized carbons (Fsp3) is 0.0769. The molecule has 0 aliphatic carbocycles. The highest BCUT2D eigenvalue weighted by atomic mass is 32.1. The average molecular weight is 276 g/mol. The molecule has 1 aromatic heterocycles. The zero-order valence-corrected chi connectivity index (χ0v) is 10.7. The maximum absolute atomic E-state index is 11.9. The Labute approximate surface area is 113 Å². The van der Waals surface area contributed by atoms with Gasteiger partial charge < -0.3 is 16.2 Å². The molecule has 0 saturated carbocycles. The van der Waals surface area contributed by atoms with Crippen LogP contribution in [0, 0.1) is 0 Å². The van der Waals surface area contributed by atoms with Crippen LogP contribution >= 0.6 is 11.3 Å². The van der Waals surface area contributed by atoms with Gasteiger partial charge in [-0.25, -0.2) is 4.79 Å². The number of nitrogens with two attached hydrogens (primary N) is 1. The fourth-order valence-corrected chi connectivity index (χ4v) is 2.24. The van der Waals surface area contributed by atoms with Crippen LogP contribution in [0.15, 0.2) is 41.8 Å². The Morgan fingerprint density at radius 1 is 1.21 bits per heavy atom. The van der Waals surface area contributed by atoms with E-state index >= 15 is 0 Å². The van der Waals surface area contributed by atoms with Crippen LogP contribution in [-0.4, -0.2) is 17.0 Å². The monoisotopic (exact) mass is 276 g/mol. The van der Waals surface area contributed by atoms with Crippen LogP contribution in [0.5, 0.6) is 0 Å². The van der Waals surface area contributed by atoms with Crippen molar-refractivity contribution >= 4 is 28.9 Å². The summed E-state index contributed by atoms with van der Waals surface area (Å²) in [5.74, 6) is -1.33. The predicted molar refractivity (Wildman–Crippen MR) is 73.3 cm³/mol. The highest BCUT2D eigenvalue weighted by molar-refractivity contribution is 7.10. The number of carboxylic acid groups (broad SMARTS) is 1. The number of amides is 1. The number of thiophene rings is 1. The maximum Gasteiger partial charge on any atom is 0.335 e. The Bertz CT molecular complexity index is 578. The van der Waals surface area contributed by atoms with Gasteiger partial charge in [0.15, 0.2) is 0 Å². The lowest BCUT2D eigenvalue weighted by Crippen LogP contribution is -2.26. The smallest absolute Gasteiger partial charge is 0.335 e. The number of carbonyl (C=O) groups excluding carboxylic acids is 1. The molecule has 0 spiro atoms. The molecular weight excluding hydrogens is 264 g/mol. The third-order valence-electron chi connectivity index (χ3n) is 2.53. The number of anilines is 1. The van der Waals surface area contributed by atoms with Crippen molar-refractivity contribution in [2.75, 3.05) is 5.32 Å². The molecule has 2 rings (SSSR count). The van der Waals surface area contributed by atoms with Crippen molar-refractivity contribution in [1.29, 1.82) is 0 Å². The molecular formula is C13H12N2O3S. The van der Waals surface area contributed by atoms with Crippen LogP contribution in [0.4, 0.5) is 5.69 Å². The first-order valence-electron chi connectivity index (χ1n) is 5.51. The van der Waals surface area contributed by atoms with Crippen LogP contribution in [0.2, 0.25) is 0 Å². The van der Waals surface area contributed by atoms with Gasteiger partial charge in [0.1, 0.15) is 6.04 Å². The van der Waals surface area contributed by atoms with Crippen molar-refractivity contribution in [3.05, 3.63) is 52.2 Å². The van der Waals surface area contributed by atoms with Gasteiger partial charge in [0.05, 0.1) is 5.56 Å². The van der Waals surface area contributed by atoms with E-state index in [1.165, 1.54) is 35.6 Å². The molecule has 1 atom stereocenters. The van der Waals surface area contributed by atoms with Gasteiger partial charge >= 0.3 is 5.97 Å². The van der Waals surface area contributed by atoms with E-state index in [2.05, 4.69) is 5.32 Å². The second-order valence-corrected chi connectivity index (χ2v) is 4.84. The number of carboxylic acids is 1. The zero-order chi connectivity index (χ0) is 13.8. The van der Waals surface area contributed by atoms with Crippen molar-refractivity contribution in [3.63, 3.8) is 0 Å². The number of carbonyl (C=O) groups is 2. The van der Waals surface area contributed by atoms with Crippen molar-refractivity contribution in [1.82, 2.24) is 0 Å². The van der Waals surface area contributed by atoms with Crippen LogP contribution in [0.25, 0.3) is 0 Å². The van der Waals surface area contributed by atoms with Gasteiger partial charge in [0.2, 0.25) is 5.91 Å². The Morgan fingerprint density at radius 2 is 1.89 bits per heavy atom. The summed E-state index contributed by atoms with van der Waals surface area (Å²) in [6.07, 6.45) is 0. The van der Waals surface area contributed by atoms with Crippen molar-refractivity contribution in [2.24, 2.45) is 5.73 Å². The molecule has 0 bridgehead atoms. The predicted octanol–water partition coefficient (Wildman–Crippen LogP) is 2.08. The van der Waals surface area contributed by atoms with E-state index in [0.717, 1.165) is 4.88 Å². The molecule has 98 valence electrons. The molecule has 19 heavy (non-hydrogen) atoms. The lowest BCUT2D eigenvalue weighted by Gasteiger charge is -2.10. The number of hydrogen-bond donors (Lipinski definition) is 3. The minimum absolute atomic E-state index is 0.167. The average Bonchev–Trinajstić information content (AvgIpc) is 2.92. The Balaban J connectivity index is 2.04. The molecule has 4 N–H and O–H groups in total. The molecule has 0 aliphatic rings. The summed E-state index contributed by atoms with van der Waals surface area (Å²) in [6.45, 7) is 0. The van der Waals surface area contributed by atoms with Gasteiger partial charge in [0.25, 0.3) is 0 Å². The van der Waals surface area contributed by atoms with E-state index in [0.29, 0.717) is 5.69 Å². The fourth-order valence-electron chi connectivity index (χ4n) is 1.51. The largest absolute Gasteiger partial charge is 0.478 e. The van der Waals surface area contributed by atoms with E-state index in [1.807, 2.05) is 11.4 Å². The van der Waals surface area contributed by atoms with E-state index in [9.17, 15) is 9.59 Å². The zero-order valence-electron chi connectivity index (χ0n) is 9.87. The second kappa shape index (κ2) is 5.64. The Morgan fingerprint density at radius 3 is 2.42 bits per heavy atom. The summed E-state index contributed by atoms with van der Waals surface area (Å²) < 4.78 is 0. The molecule has 6 heteroatoms. The molecule has 1 amide bonds. The number of hydrogen-bond acceptors (Lipinski definition) is 4. The highest BCUT2D eigenvalue weighted by Crippen LogP contribution is 2.18. The number of benzene rings is 1. The summed E-state index contributed by atoms with van der Waals surface area (Å²) in [4.78, 5) is 23.4. The molecule has 2 aromatic rings. The van der Waals surface area contributed by atoms with Crippen molar-refractivity contribution in [3.8, 4) is 0 Å². The maximum atomic E-state index is 11.9. The summed E-state index contributed by atoms with van der Waals surface area (Å²) in [7, 11) is 0. The van der Waals surface area contributed by atoms with Crippen LogP contribution in [-0.2, 0) is 4.79 Å². The number of aromatic carboxylic acids is 1. The standard InChI is InChI=1S/C13H12N2O3S/c14-11(10-2-1-7-19-10)12(16)15-9-5-3-8(4-6-9)13(17)18/h1-7,11H,14H2,(H,15,16)(H,17,18). The molecule has 1 aromatic carbocycles. The topological polar surface area (TPSA) is 92.4 Å². The molecule has 1 heterocycles. The first-order chi connectivity index (χ1) is 9.08. The van der Waals surface area contributed by atoms with E-state index in [-0.39, 0.29) is 11.5 Å². The molecule has 0 aliphatic heterocycles. The highest BCUT2D eigenvalue weighted by Gasteiger charge is 2.16. The molecule has 1 unspecified atom stereocenters. The minimum atomic E-state index is -1.01. The minimum Gasteiger partial charge on any atom is -0.478 e. The van der Waals surface area contributed by atoms with Gasteiger partial charge in [0, 0.05) is 10.6 Å². The van der Waals surface area contributed by atoms with E-state index in [4.69, 9.17) is 10.8 Å². The SMILES string of the molecule is NC(C(=O)Nc1ccc(C(=O)O)cc1)c1cccs1. The van der Waals surface area contributed by atoms with Crippen LogP contribution in [0.3, 0.4) is 0 Å². The lowest BCUT2D eigenvalue weighted by molar-refractivity contribution is -0.117. The number of rotatable bonds is 4. The van der Waals surface area contributed by atoms with Crippen molar-refractivity contribution in [2.45, 2.75) is 6.04 Å². The van der Waals surface area contributed by atoms with Gasteiger partial charge in [-0.2, -0.15) is 0 Å². The first-order valence-corrected chi connectivity index (χ1v) is 6.39. The van der Waals surface area contributed by atoms with Gasteiger partial charge in [-0.15, -0.1) is 11.3 Å². The second-order valence-electron chi connectivity index (χ2n) is 3.86. The molecule has 5 nitrogen and oxygen atoms in total. The van der Waals surface area contributed by atoms with Crippen molar-refractivity contribution < 1.29 is 14.7 Å². The third-order valence-corrected chi connectivity index (χ3v) is 3.49. The van der Waals surface area contributed by atoms with Gasteiger partial charge in [-0.3, -0.25) is 4.79 Å². The van der Waals surface area contributed by atoms with Gasteiger partial charge in [-0.1, -0.05) is 6.07 Å². The van der Waals surface area contributed by atoms with Gasteiger partial charge in [-0.05, 0) is 35.7 Å². The van der Waals surface area contributed by atoms with Crippen LogP contribution < -0.4 is 11.1 Å². The van der Waals surface area contributed by atoms with Crippen LogP contribution in [0.1, 0.15) is 21.3 Å². The third kappa shape index (κ3) is 3.18. The quantitative estimate of drug-likeness (QED) is 0.797. The summed E-state index contributed by atoms with van der Waals surface area (Å²) in [6, 6.07) is 8.81. The first kappa shape index (κ1) is 13.3. The summed E-state index contributed by atoms with van der Waals surface area (Å²) in [5.41, 5.74) is 6.50. The Kier molecular flexibility index (Phi) is 3.94. The van der Waals surface area contributed by atoms with E-state index in [1.54, 1.807) is 6.07 Å². The number of nitrogens with one attached hydrogen (secondary N) is 1. The summed E-state index contributed by atoms with van der Waals surface area (Å²) in [5, 5.41) is 13.3. The lowest BCUT2D eigenvalue weighted by atomic mass is 10.2.